The predicted octanol–water partition coefficient (Wildman–Crippen LogP) is 0.931. The Hall–Kier alpha value is 0.260. The van der Waals surface area contributed by atoms with Gasteiger partial charge in [-0.1, -0.05) is 12.2 Å². The molecule has 0 N–H and O–H groups in total. The Morgan fingerprint density at radius 1 is 1.75 bits per heavy atom. The summed E-state index contributed by atoms with van der Waals surface area (Å²) in [6.07, 6.45) is 0. The molecule has 0 nitrogen and oxygen atoms in total. The van der Waals surface area contributed by atoms with E-state index in [1.807, 2.05) is 0 Å². The van der Waals surface area contributed by atoms with E-state index in [1.165, 1.54) is 5.37 Å². The Balaban J connectivity index is 2.73. The second-order valence-corrected chi connectivity index (χ2v) is 0.908. The fourth-order valence-electron chi connectivity index (χ4n) is 0. The van der Waals surface area contributed by atoms with Crippen molar-refractivity contribution >= 4 is 32.2 Å². The van der Waals surface area contributed by atoms with Gasteiger partial charge in [0.05, 0.1) is 0 Å². The fraction of sp³-hybridized carbons (Fsp3) is 0. The Morgan fingerprint density at radius 3 is 2.00 bits per heavy atom. The van der Waals surface area contributed by atoms with E-state index < -0.39 is 0 Å². The van der Waals surface area contributed by atoms with Crippen LogP contribution in [0.1, 0.15) is 0 Å². The van der Waals surface area contributed by atoms with Crippen molar-refractivity contribution in [3.8, 4) is 0 Å². The molecule has 0 saturated carbocycles. The van der Waals surface area contributed by atoms with E-state index in [0.717, 1.165) is 0 Å². The third-order valence-electron chi connectivity index (χ3n) is 0.0680. The van der Waals surface area contributed by atoms with Crippen molar-refractivity contribution in [3.63, 3.8) is 0 Å². The molecule has 0 aromatic heterocycles. The minimum absolute atomic E-state index is 1.50. The minimum atomic E-state index is 1.50. The maximum atomic E-state index is 4.32. The molecule has 0 spiro atoms. The normalized spacial score (nSPS) is 5.00. The first kappa shape index (κ1) is 4.26. The molecule has 0 radical (unpaired) electrons. The third kappa shape index (κ3) is 2.26. The van der Waals surface area contributed by atoms with Gasteiger partial charge in [-0.25, -0.2) is 0 Å². The molecule has 22 valence electrons. The lowest BCUT2D eigenvalue weighted by atomic mass is 11.0. The van der Waals surface area contributed by atoms with Crippen LogP contribution in [0, 0.1) is 0 Å². The predicted molar refractivity (Wildman–Crippen MR) is 28.0 cm³/mol. The van der Waals surface area contributed by atoms with Crippen LogP contribution in [0.2, 0.25) is 0 Å². The maximum Gasteiger partial charge on any atom is 0.00534 e. The van der Waals surface area contributed by atoms with Gasteiger partial charge in [0.25, 0.3) is 0 Å². The van der Waals surface area contributed by atoms with Crippen molar-refractivity contribution in [2.75, 3.05) is 0 Å². The summed E-state index contributed by atoms with van der Waals surface area (Å²) in [5.74, 6) is 1.62. The highest BCUT2D eigenvalue weighted by Crippen LogP contribution is 1.46. The van der Waals surface area contributed by atoms with E-state index >= 15 is 0 Å². The molecule has 0 aliphatic carbocycles. The van der Waals surface area contributed by atoms with Crippen LogP contribution < -0.4 is 0 Å². The van der Waals surface area contributed by atoms with Crippen molar-refractivity contribution in [1.82, 2.24) is 0 Å². The summed E-state index contributed by atoms with van der Waals surface area (Å²) in [4.78, 5) is 0. The van der Waals surface area contributed by atoms with E-state index in [0.29, 0.717) is 0 Å². The monoisotopic (exact) mass is 90.0 g/mol. The molecular formula is C2H3PS. The van der Waals surface area contributed by atoms with Crippen LogP contribution in [-0.4, -0.2) is 11.2 Å². The number of hydrogen-bond donors (Lipinski definition) is 0. The van der Waals surface area contributed by atoms with Crippen molar-refractivity contribution in [1.29, 1.82) is 0 Å². The average Bonchev–Trinajstić information content (AvgIpc) is 1.37. The second kappa shape index (κ2) is 3.26. The second-order valence-electron chi connectivity index (χ2n) is 0.303. The Labute approximate surface area is 33.1 Å². The molecule has 0 aliphatic heterocycles. The van der Waals surface area contributed by atoms with Crippen LogP contribution in [0.4, 0.5) is 0 Å². The van der Waals surface area contributed by atoms with Crippen LogP contribution in [0.5, 0.6) is 0 Å². The SMILES string of the molecule is P=CC=S. The van der Waals surface area contributed by atoms with Crippen LogP contribution in [-0.2, 0) is 0 Å². The largest absolute Gasteiger partial charge is 0.121 e. The van der Waals surface area contributed by atoms with Crippen LogP contribution in [0.25, 0.3) is 0 Å². The van der Waals surface area contributed by atoms with Crippen LogP contribution in [0.15, 0.2) is 0 Å². The summed E-state index contributed by atoms with van der Waals surface area (Å²) in [5.41, 5.74) is 0. The summed E-state index contributed by atoms with van der Waals surface area (Å²) >= 11 is 4.32. The smallest absolute Gasteiger partial charge is 0.00534 e. The molecule has 0 aliphatic rings. The number of thiocarbonyl (C=S) groups is 1. The van der Waals surface area contributed by atoms with Crippen LogP contribution >= 0.6 is 21.1 Å². The maximum absolute atomic E-state index is 4.32. The lowest BCUT2D eigenvalue weighted by molar-refractivity contribution is 3.86. The number of hydrogen-bond acceptors (Lipinski definition) is 1. The minimum Gasteiger partial charge on any atom is -0.121 e. The molecular weight excluding hydrogens is 87.1 g/mol. The summed E-state index contributed by atoms with van der Waals surface area (Å²) in [5, 5.41) is 1.50. The summed E-state index contributed by atoms with van der Waals surface area (Å²) in [6, 6.07) is 0. The first-order valence-electron chi connectivity index (χ1n) is 0.858. The molecule has 0 heterocycles. The van der Waals surface area contributed by atoms with Gasteiger partial charge in [-0.3, -0.25) is 0 Å². The summed E-state index contributed by atoms with van der Waals surface area (Å²) in [6.45, 7) is 0. The van der Waals surface area contributed by atoms with Crippen LogP contribution in [0.3, 0.4) is 0 Å². The molecule has 0 rings (SSSR count). The Bertz CT molecular complexity index is 27.0. The summed E-state index contributed by atoms with van der Waals surface area (Å²) < 4.78 is 0. The quantitative estimate of drug-likeness (QED) is 0.341. The van der Waals surface area contributed by atoms with E-state index in [2.05, 4.69) is 21.1 Å². The van der Waals surface area contributed by atoms with Gasteiger partial charge in [-0.15, -0.1) is 8.86 Å². The summed E-state index contributed by atoms with van der Waals surface area (Å²) in [7, 11) is 3.00. The Morgan fingerprint density at radius 2 is 2.00 bits per heavy atom. The van der Waals surface area contributed by atoms with Gasteiger partial charge < -0.3 is 0 Å². The molecule has 0 saturated heterocycles. The zero-order valence-corrected chi connectivity index (χ0v) is 3.88. The first-order chi connectivity index (χ1) is 1.91. The van der Waals surface area contributed by atoms with Gasteiger partial charge in [0, 0.05) is 5.37 Å². The van der Waals surface area contributed by atoms with Gasteiger partial charge in [0.2, 0.25) is 0 Å². The van der Waals surface area contributed by atoms with Crippen molar-refractivity contribution in [2.45, 2.75) is 0 Å². The zero-order chi connectivity index (χ0) is 3.41. The molecule has 4 heavy (non-hydrogen) atoms. The lowest BCUT2D eigenvalue weighted by Crippen LogP contribution is -1.50. The molecule has 0 fully saturated rings. The highest BCUT2D eigenvalue weighted by Gasteiger charge is 1.34. The van der Waals surface area contributed by atoms with E-state index in [1.54, 1.807) is 5.80 Å². The topological polar surface area (TPSA) is 0 Å². The molecule has 0 bridgehead atoms. The van der Waals surface area contributed by atoms with E-state index in [-0.39, 0.29) is 0 Å². The highest BCUT2D eigenvalue weighted by molar-refractivity contribution is 7.80. The first-order valence-corrected chi connectivity index (χ1v) is 1.91. The Kier molecular flexibility index (Phi) is 3.47. The van der Waals surface area contributed by atoms with Gasteiger partial charge in [0.15, 0.2) is 0 Å². The molecule has 0 atom stereocenters. The molecule has 0 aromatic carbocycles. The van der Waals surface area contributed by atoms with Gasteiger partial charge >= 0.3 is 0 Å². The van der Waals surface area contributed by atoms with Gasteiger partial charge in [0.1, 0.15) is 0 Å². The molecule has 2 heteroatoms. The average molecular weight is 90.1 g/mol. The lowest BCUT2D eigenvalue weighted by Gasteiger charge is -1.40. The number of rotatable bonds is 1. The third-order valence-corrected chi connectivity index (χ3v) is 0.612. The highest BCUT2D eigenvalue weighted by atomic mass is 32.1. The molecule has 0 unspecified atom stereocenters. The van der Waals surface area contributed by atoms with Gasteiger partial charge in [-0.05, 0) is 5.80 Å². The van der Waals surface area contributed by atoms with Crippen molar-refractivity contribution in [2.24, 2.45) is 0 Å². The standard InChI is InChI=1S/C2H3PS/c3-1-2-4/h1-3H. The van der Waals surface area contributed by atoms with E-state index in [4.69, 9.17) is 0 Å². The van der Waals surface area contributed by atoms with Crippen molar-refractivity contribution < 1.29 is 0 Å². The molecule has 0 aromatic rings. The fourth-order valence-corrected chi connectivity index (χ4v) is 0. The zero-order valence-electron chi connectivity index (χ0n) is 2.06. The van der Waals surface area contributed by atoms with Gasteiger partial charge in [-0.2, -0.15) is 0 Å². The molecule has 0 amide bonds. The van der Waals surface area contributed by atoms with E-state index in [9.17, 15) is 0 Å². The van der Waals surface area contributed by atoms with Crippen molar-refractivity contribution in [3.05, 3.63) is 0 Å².